The summed E-state index contributed by atoms with van der Waals surface area (Å²) in [6.45, 7) is 2.27. The summed E-state index contributed by atoms with van der Waals surface area (Å²) in [5.74, 6) is -0.452. The molecule has 8 nitrogen and oxygen atoms in total. The maximum Gasteiger partial charge on any atom is 0.338 e. The lowest BCUT2D eigenvalue weighted by Gasteiger charge is -2.35. The maximum atomic E-state index is 12.9. The first kappa shape index (κ1) is 23.2. The van der Waals surface area contributed by atoms with Crippen LogP contribution in [0.2, 0.25) is 0 Å². The smallest absolute Gasteiger partial charge is 0.338 e. The van der Waals surface area contributed by atoms with Crippen molar-refractivity contribution < 1.29 is 19.1 Å². The molecule has 3 rings (SSSR count). The van der Waals surface area contributed by atoms with Gasteiger partial charge in [-0.25, -0.2) is 9.59 Å². The van der Waals surface area contributed by atoms with E-state index in [9.17, 15) is 9.59 Å². The van der Waals surface area contributed by atoms with Crippen molar-refractivity contribution in [3.8, 4) is 0 Å². The van der Waals surface area contributed by atoms with Gasteiger partial charge in [-0.15, -0.1) is 0 Å². The van der Waals surface area contributed by atoms with Crippen LogP contribution in [0, 0.1) is 0 Å². The van der Waals surface area contributed by atoms with Crippen LogP contribution in [0.25, 0.3) is 0 Å². The van der Waals surface area contributed by atoms with Crippen LogP contribution in [-0.4, -0.2) is 49.4 Å². The first-order valence-corrected chi connectivity index (χ1v) is 10.5. The Kier molecular flexibility index (Phi) is 7.80. The molecule has 0 saturated carbocycles. The zero-order chi connectivity index (χ0) is 23.1. The van der Waals surface area contributed by atoms with E-state index in [0.29, 0.717) is 34.4 Å². The van der Waals surface area contributed by atoms with Crippen molar-refractivity contribution in [1.29, 1.82) is 0 Å². The van der Waals surface area contributed by atoms with Crippen LogP contribution in [0.4, 0.5) is 16.2 Å². The number of anilines is 2. The summed E-state index contributed by atoms with van der Waals surface area (Å²) in [6.07, 6.45) is 0. The number of para-hydroxylation sites is 1. The highest BCUT2D eigenvalue weighted by Gasteiger charge is 2.33. The number of rotatable bonds is 7. The number of carbonyl (C=O) groups is 2. The van der Waals surface area contributed by atoms with Gasteiger partial charge in [0.1, 0.15) is 6.61 Å². The monoisotopic (exact) mass is 454 g/mol. The molecule has 0 radical (unpaired) electrons. The lowest BCUT2D eigenvalue weighted by molar-refractivity contribution is -0.140. The normalized spacial score (nSPS) is 15.8. The van der Waals surface area contributed by atoms with Crippen molar-refractivity contribution in [1.82, 2.24) is 10.2 Å². The lowest BCUT2D eigenvalue weighted by Crippen LogP contribution is -2.46. The van der Waals surface area contributed by atoms with Gasteiger partial charge in [0.25, 0.3) is 0 Å². The Morgan fingerprint density at radius 3 is 2.47 bits per heavy atom. The number of methoxy groups -OCH3 is 1. The van der Waals surface area contributed by atoms with Gasteiger partial charge in [-0.05, 0) is 49.0 Å². The van der Waals surface area contributed by atoms with E-state index < -0.39 is 12.0 Å². The van der Waals surface area contributed by atoms with Crippen LogP contribution >= 0.6 is 12.2 Å². The lowest BCUT2D eigenvalue weighted by atomic mass is 9.95. The van der Waals surface area contributed by atoms with Crippen molar-refractivity contribution in [3.05, 3.63) is 71.4 Å². The Bertz CT molecular complexity index is 1030. The van der Waals surface area contributed by atoms with Gasteiger partial charge in [-0.1, -0.05) is 30.3 Å². The molecule has 3 N–H and O–H groups in total. The van der Waals surface area contributed by atoms with Crippen LogP contribution in [0.5, 0.6) is 0 Å². The maximum absolute atomic E-state index is 12.9. The Hall–Kier alpha value is -3.43. The van der Waals surface area contributed by atoms with Gasteiger partial charge in [-0.3, -0.25) is 0 Å². The quantitative estimate of drug-likeness (QED) is 0.334. The Labute approximate surface area is 192 Å². The molecule has 2 aromatic rings. The summed E-state index contributed by atoms with van der Waals surface area (Å²) in [5, 5.41) is 9.27. The minimum Gasteiger partial charge on any atom is -0.460 e. The molecule has 0 aromatic heterocycles. The van der Waals surface area contributed by atoms with Gasteiger partial charge < -0.3 is 30.3 Å². The predicted octanol–water partition coefficient (Wildman–Crippen LogP) is 3.66. The van der Waals surface area contributed by atoms with Gasteiger partial charge in [0, 0.05) is 31.2 Å². The summed E-state index contributed by atoms with van der Waals surface area (Å²) in [5.41, 5.74) is 3.16. The molecule has 2 amide bonds. The standard InChI is InChI=1S/C23H26N4O4S/c1-15-19(21(28)31-13-12-30-3)20(26-23(32)27(15)2)16-8-7-11-18(14-16)25-22(29)24-17-9-5-4-6-10-17/h4-11,14,20H,12-13H2,1-3H3,(H,26,32)(H2,24,25,29). The number of thiocarbonyl (C=S) groups is 1. The average Bonchev–Trinajstić information content (AvgIpc) is 2.78. The molecular formula is C23H26N4O4S. The average molecular weight is 455 g/mol. The fourth-order valence-corrected chi connectivity index (χ4v) is 3.51. The van der Waals surface area contributed by atoms with E-state index in [0.717, 1.165) is 5.56 Å². The Morgan fingerprint density at radius 2 is 1.75 bits per heavy atom. The number of amides is 2. The first-order chi connectivity index (χ1) is 15.4. The van der Waals surface area contributed by atoms with Gasteiger partial charge >= 0.3 is 12.0 Å². The number of allylic oxidation sites excluding steroid dienone is 1. The van der Waals surface area contributed by atoms with E-state index in [1.54, 1.807) is 49.4 Å². The molecule has 0 spiro atoms. The van der Waals surface area contributed by atoms with E-state index in [-0.39, 0.29) is 12.6 Å². The second-order valence-corrected chi connectivity index (χ2v) is 7.53. The number of carbonyl (C=O) groups excluding carboxylic acids is 2. The van der Waals surface area contributed by atoms with Crippen molar-refractivity contribution in [2.75, 3.05) is 38.0 Å². The molecule has 1 unspecified atom stereocenters. The fraction of sp³-hybridized carbons (Fsp3) is 0.261. The number of benzene rings is 2. The fourth-order valence-electron chi connectivity index (χ4n) is 3.26. The molecule has 0 fully saturated rings. The van der Waals surface area contributed by atoms with Crippen molar-refractivity contribution in [2.24, 2.45) is 0 Å². The highest BCUT2D eigenvalue weighted by molar-refractivity contribution is 7.80. The molecule has 2 aromatic carbocycles. The second kappa shape index (κ2) is 10.7. The SMILES string of the molecule is COCCOC(=O)C1=C(C)N(C)C(=S)NC1c1cccc(NC(=O)Nc2ccccc2)c1. The van der Waals surface area contributed by atoms with E-state index in [2.05, 4.69) is 16.0 Å². The molecule has 0 saturated heterocycles. The number of esters is 1. The molecule has 1 aliphatic rings. The first-order valence-electron chi connectivity index (χ1n) is 10.0. The number of nitrogens with one attached hydrogen (secondary N) is 3. The van der Waals surface area contributed by atoms with Crippen molar-refractivity contribution >= 4 is 40.7 Å². The van der Waals surface area contributed by atoms with Crippen molar-refractivity contribution in [3.63, 3.8) is 0 Å². The molecular weight excluding hydrogens is 428 g/mol. The molecule has 0 bridgehead atoms. The van der Waals surface area contributed by atoms with Gasteiger partial charge in [0.15, 0.2) is 5.11 Å². The number of hydrogen-bond acceptors (Lipinski definition) is 5. The third kappa shape index (κ3) is 5.63. The van der Waals surface area contributed by atoms with Crippen LogP contribution in [-0.2, 0) is 14.3 Å². The molecule has 1 heterocycles. The predicted molar refractivity (Wildman–Crippen MR) is 127 cm³/mol. The zero-order valence-electron chi connectivity index (χ0n) is 18.2. The number of urea groups is 1. The van der Waals surface area contributed by atoms with E-state index >= 15 is 0 Å². The minimum absolute atomic E-state index is 0.147. The molecule has 1 aliphatic heterocycles. The van der Waals surface area contributed by atoms with E-state index in [1.807, 2.05) is 31.2 Å². The number of nitrogens with zero attached hydrogens (tertiary/aromatic N) is 1. The topological polar surface area (TPSA) is 91.9 Å². The molecule has 168 valence electrons. The third-order valence-electron chi connectivity index (χ3n) is 5.00. The van der Waals surface area contributed by atoms with Crippen LogP contribution < -0.4 is 16.0 Å². The Morgan fingerprint density at radius 1 is 1.06 bits per heavy atom. The summed E-state index contributed by atoms with van der Waals surface area (Å²) >= 11 is 5.43. The van der Waals surface area contributed by atoms with Gasteiger partial charge in [-0.2, -0.15) is 0 Å². The van der Waals surface area contributed by atoms with Gasteiger partial charge in [0.05, 0.1) is 18.2 Å². The zero-order valence-corrected chi connectivity index (χ0v) is 19.0. The summed E-state index contributed by atoms with van der Waals surface area (Å²) in [7, 11) is 3.33. The van der Waals surface area contributed by atoms with Crippen LogP contribution in [0.1, 0.15) is 18.5 Å². The number of ether oxygens (including phenoxy) is 2. The summed E-state index contributed by atoms with van der Waals surface area (Å²) in [4.78, 5) is 27.0. The second-order valence-electron chi connectivity index (χ2n) is 7.14. The highest BCUT2D eigenvalue weighted by atomic mass is 32.1. The summed E-state index contributed by atoms with van der Waals surface area (Å²) < 4.78 is 10.3. The van der Waals surface area contributed by atoms with Crippen LogP contribution in [0.15, 0.2) is 65.9 Å². The minimum atomic E-state index is -0.521. The third-order valence-corrected chi connectivity index (χ3v) is 5.40. The Balaban J connectivity index is 1.82. The van der Waals surface area contributed by atoms with Crippen molar-refractivity contribution in [2.45, 2.75) is 13.0 Å². The van der Waals surface area contributed by atoms with Crippen LogP contribution in [0.3, 0.4) is 0 Å². The molecule has 1 atom stereocenters. The highest BCUT2D eigenvalue weighted by Crippen LogP contribution is 2.32. The van der Waals surface area contributed by atoms with Gasteiger partial charge in [0.2, 0.25) is 0 Å². The summed E-state index contributed by atoms with van der Waals surface area (Å²) in [6, 6.07) is 15.5. The number of hydrogen-bond donors (Lipinski definition) is 3. The van der Waals surface area contributed by atoms with E-state index in [4.69, 9.17) is 21.7 Å². The molecule has 32 heavy (non-hydrogen) atoms. The van der Waals surface area contributed by atoms with E-state index in [1.165, 1.54) is 0 Å². The largest absolute Gasteiger partial charge is 0.460 e. The molecule has 9 heteroatoms. The molecule has 0 aliphatic carbocycles.